The molecule has 0 aromatic carbocycles. The topological polar surface area (TPSA) is 45.2 Å². The Morgan fingerprint density at radius 1 is 1.17 bits per heavy atom. The van der Waals surface area contributed by atoms with Gasteiger partial charge in [0.05, 0.1) is 17.4 Å². The first kappa shape index (κ1) is 14.9. The van der Waals surface area contributed by atoms with E-state index in [1.54, 1.807) is 11.3 Å². The molecule has 6 heteroatoms. The molecule has 2 aromatic heterocycles. The molecule has 23 heavy (non-hydrogen) atoms. The number of thiazole rings is 1. The van der Waals surface area contributed by atoms with Crippen molar-refractivity contribution in [2.45, 2.75) is 45.6 Å². The molecule has 122 valence electrons. The van der Waals surface area contributed by atoms with Crippen LogP contribution < -0.4 is 9.80 Å². The summed E-state index contributed by atoms with van der Waals surface area (Å²) < 4.78 is 0. The van der Waals surface area contributed by atoms with Crippen LogP contribution in [0.4, 0.5) is 10.9 Å². The summed E-state index contributed by atoms with van der Waals surface area (Å²) in [6, 6.07) is 2.77. The summed E-state index contributed by atoms with van der Waals surface area (Å²) in [5.41, 5.74) is 3.76. The number of aromatic nitrogens is 3. The molecule has 4 rings (SSSR count). The minimum Gasteiger partial charge on any atom is -0.351 e. The normalized spacial score (nSPS) is 17.8. The summed E-state index contributed by atoms with van der Waals surface area (Å²) in [6.07, 6.45) is 4.79. The van der Waals surface area contributed by atoms with Crippen molar-refractivity contribution in [3.63, 3.8) is 0 Å². The highest BCUT2D eigenvalue weighted by Crippen LogP contribution is 2.30. The van der Waals surface area contributed by atoms with Crippen LogP contribution in [0.15, 0.2) is 6.07 Å². The molecular formula is C17H23N5S. The number of rotatable bonds is 3. The second kappa shape index (κ2) is 5.74. The summed E-state index contributed by atoms with van der Waals surface area (Å²) in [7, 11) is 2.15. The van der Waals surface area contributed by atoms with Crippen LogP contribution in [-0.4, -0.2) is 41.4 Å². The molecule has 2 aromatic rings. The summed E-state index contributed by atoms with van der Waals surface area (Å²) in [5, 5.41) is 10.0. The van der Waals surface area contributed by atoms with Crippen molar-refractivity contribution in [3.05, 3.63) is 27.9 Å². The van der Waals surface area contributed by atoms with Crippen LogP contribution in [-0.2, 0) is 12.8 Å². The molecule has 0 amide bonds. The van der Waals surface area contributed by atoms with E-state index in [-0.39, 0.29) is 0 Å². The maximum absolute atomic E-state index is 4.67. The van der Waals surface area contributed by atoms with Crippen LogP contribution in [0, 0.1) is 13.8 Å². The van der Waals surface area contributed by atoms with Crippen LogP contribution >= 0.6 is 11.3 Å². The standard InChI is InChI=1S/C17H23N5S/c1-11-12(2)23-17(18-11)21(3)14-9-22(10-14)16-8-13-6-4-5-7-15(13)19-20-16/h8,14H,4-7,9-10H2,1-3H3. The SMILES string of the molecule is Cc1nc(N(C)C2CN(c3cc4c(nn3)CCCC4)C2)sc1C. The molecule has 2 aliphatic rings. The Bertz CT molecular complexity index is 700. The van der Waals surface area contributed by atoms with Gasteiger partial charge in [-0.3, -0.25) is 0 Å². The Labute approximate surface area is 141 Å². The van der Waals surface area contributed by atoms with E-state index < -0.39 is 0 Å². The third kappa shape index (κ3) is 2.69. The van der Waals surface area contributed by atoms with E-state index in [9.17, 15) is 0 Å². The van der Waals surface area contributed by atoms with Crippen LogP contribution in [0.25, 0.3) is 0 Å². The van der Waals surface area contributed by atoms with Crippen molar-refractivity contribution < 1.29 is 0 Å². The number of aryl methyl sites for hydroxylation is 4. The third-order valence-electron chi connectivity index (χ3n) is 5.11. The van der Waals surface area contributed by atoms with Crippen LogP contribution in [0.1, 0.15) is 34.7 Å². The minimum atomic E-state index is 0.512. The lowest BCUT2D eigenvalue weighted by molar-refractivity contribution is 0.488. The summed E-state index contributed by atoms with van der Waals surface area (Å²) >= 11 is 1.78. The number of hydrogen-bond acceptors (Lipinski definition) is 6. The molecular weight excluding hydrogens is 306 g/mol. The smallest absolute Gasteiger partial charge is 0.185 e. The van der Waals surface area contributed by atoms with Gasteiger partial charge >= 0.3 is 0 Å². The zero-order valence-corrected chi connectivity index (χ0v) is 14.9. The van der Waals surface area contributed by atoms with E-state index in [0.717, 1.165) is 42.6 Å². The Balaban J connectivity index is 1.43. The van der Waals surface area contributed by atoms with Crippen molar-refractivity contribution in [3.8, 4) is 0 Å². The van der Waals surface area contributed by atoms with Gasteiger partial charge in [0.2, 0.25) is 0 Å². The molecule has 0 N–H and O–H groups in total. The highest BCUT2D eigenvalue weighted by Gasteiger charge is 2.33. The minimum absolute atomic E-state index is 0.512. The Morgan fingerprint density at radius 3 is 2.70 bits per heavy atom. The molecule has 0 radical (unpaired) electrons. The maximum Gasteiger partial charge on any atom is 0.185 e. The second-order valence-electron chi connectivity index (χ2n) is 6.69. The Morgan fingerprint density at radius 2 is 1.96 bits per heavy atom. The first-order chi connectivity index (χ1) is 11.1. The van der Waals surface area contributed by atoms with Gasteiger partial charge in [0.1, 0.15) is 0 Å². The van der Waals surface area contributed by atoms with E-state index in [1.165, 1.54) is 29.0 Å². The average molecular weight is 329 g/mol. The lowest BCUT2D eigenvalue weighted by atomic mass is 9.96. The van der Waals surface area contributed by atoms with Gasteiger partial charge in [0.25, 0.3) is 0 Å². The highest BCUT2D eigenvalue weighted by atomic mass is 32.1. The van der Waals surface area contributed by atoms with Gasteiger partial charge in [-0.05, 0) is 51.2 Å². The second-order valence-corrected chi connectivity index (χ2v) is 7.87. The van der Waals surface area contributed by atoms with E-state index in [0.29, 0.717) is 6.04 Å². The summed E-state index contributed by atoms with van der Waals surface area (Å²) in [5.74, 6) is 1.04. The van der Waals surface area contributed by atoms with Crippen LogP contribution in [0.5, 0.6) is 0 Å². The molecule has 1 aliphatic carbocycles. The molecule has 0 spiro atoms. The average Bonchev–Trinajstić information content (AvgIpc) is 2.85. The van der Waals surface area contributed by atoms with E-state index in [4.69, 9.17) is 0 Å². The third-order valence-corrected chi connectivity index (χ3v) is 6.27. The Kier molecular flexibility index (Phi) is 3.71. The first-order valence-corrected chi connectivity index (χ1v) is 9.21. The van der Waals surface area contributed by atoms with Gasteiger partial charge in [-0.25, -0.2) is 4.98 Å². The summed E-state index contributed by atoms with van der Waals surface area (Å²) in [6.45, 7) is 6.22. The van der Waals surface area contributed by atoms with Crippen molar-refractivity contribution in [1.29, 1.82) is 0 Å². The van der Waals surface area contributed by atoms with Crippen molar-refractivity contribution in [2.24, 2.45) is 0 Å². The van der Waals surface area contributed by atoms with Crippen molar-refractivity contribution >= 4 is 22.3 Å². The number of nitrogens with zero attached hydrogens (tertiary/aromatic N) is 5. The fraction of sp³-hybridized carbons (Fsp3) is 0.588. The molecule has 0 atom stereocenters. The maximum atomic E-state index is 4.67. The van der Waals surface area contributed by atoms with E-state index in [2.05, 4.69) is 51.9 Å². The molecule has 0 saturated carbocycles. The van der Waals surface area contributed by atoms with Gasteiger partial charge in [0.15, 0.2) is 10.9 Å². The largest absolute Gasteiger partial charge is 0.351 e. The van der Waals surface area contributed by atoms with Crippen LogP contribution in [0.3, 0.4) is 0 Å². The van der Waals surface area contributed by atoms with E-state index >= 15 is 0 Å². The number of likely N-dealkylation sites (N-methyl/N-ethyl adjacent to an activating group) is 1. The lowest BCUT2D eigenvalue weighted by Gasteiger charge is -2.44. The Hall–Kier alpha value is -1.69. The highest BCUT2D eigenvalue weighted by molar-refractivity contribution is 7.15. The predicted molar refractivity (Wildman–Crippen MR) is 94.7 cm³/mol. The number of anilines is 2. The molecule has 5 nitrogen and oxygen atoms in total. The van der Waals surface area contributed by atoms with Gasteiger partial charge < -0.3 is 9.80 Å². The first-order valence-electron chi connectivity index (χ1n) is 8.39. The molecule has 1 saturated heterocycles. The molecule has 0 bridgehead atoms. The molecule has 1 fully saturated rings. The fourth-order valence-corrected chi connectivity index (χ4v) is 4.23. The van der Waals surface area contributed by atoms with Crippen LogP contribution in [0.2, 0.25) is 0 Å². The number of hydrogen-bond donors (Lipinski definition) is 0. The quantitative estimate of drug-likeness (QED) is 0.866. The predicted octanol–water partition coefficient (Wildman–Crippen LogP) is 2.75. The van der Waals surface area contributed by atoms with Gasteiger partial charge in [-0.2, -0.15) is 5.10 Å². The fourth-order valence-electron chi connectivity index (χ4n) is 3.28. The van der Waals surface area contributed by atoms with E-state index in [1.807, 2.05) is 0 Å². The molecule has 1 aliphatic heterocycles. The zero-order chi connectivity index (χ0) is 16.0. The monoisotopic (exact) mass is 329 g/mol. The lowest BCUT2D eigenvalue weighted by Crippen LogP contribution is -2.59. The van der Waals surface area contributed by atoms with Crippen molar-refractivity contribution in [2.75, 3.05) is 29.9 Å². The van der Waals surface area contributed by atoms with Gasteiger partial charge in [0, 0.05) is 25.0 Å². The zero-order valence-electron chi connectivity index (χ0n) is 14.0. The van der Waals surface area contributed by atoms with Gasteiger partial charge in [-0.1, -0.05) is 0 Å². The van der Waals surface area contributed by atoms with Gasteiger partial charge in [-0.15, -0.1) is 16.4 Å². The molecule has 3 heterocycles. The summed E-state index contributed by atoms with van der Waals surface area (Å²) in [4.78, 5) is 10.6. The molecule has 0 unspecified atom stereocenters. The van der Waals surface area contributed by atoms with Crippen molar-refractivity contribution in [1.82, 2.24) is 15.2 Å². The number of fused-ring (bicyclic) bond motifs is 1.